The molecule has 0 atom stereocenters. The summed E-state index contributed by atoms with van der Waals surface area (Å²) in [7, 11) is 0. The summed E-state index contributed by atoms with van der Waals surface area (Å²) in [6.07, 6.45) is 12.6. The van der Waals surface area contributed by atoms with Crippen molar-refractivity contribution in [3.63, 3.8) is 0 Å². The van der Waals surface area contributed by atoms with E-state index < -0.39 is 0 Å². The molecule has 2 aliphatic carbocycles. The summed E-state index contributed by atoms with van der Waals surface area (Å²) in [5, 5.41) is 0. The fraction of sp³-hybridized carbons (Fsp3) is 0. The van der Waals surface area contributed by atoms with Gasteiger partial charge in [-0.05, 0) is 11.1 Å². The number of allylic oxidation sites excluding steroid dienone is 8. The Kier molecular flexibility index (Phi) is 1.75. The van der Waals surface area contributed by atoms with Crippen LogP contribution in [0.15, 0.2) is 47.6 Å². The Labute approximate surface area is 65.1 Å². The van der Waals surface area contributed by atoms with Gasteiger partial charge >= 0.3 is 17.1 Å². The number of fused-ring (bicyclic) bond motifs is 1. The van der Waals surface area contributed by atoms with Crippen molar-refractivity contribution in [2.75, 3.05) is 0 Å². The normalized spacial score (nSPS) is 18.7. The van der Waals surface area contributed by atoms with Crippen molar-refractivity contribution in [3.05, 3.63) is 47.6 Å². The van der Waals surface area contributed by atoms with Crippen LogP contribution >= 0.6 is 0 Å². The predicted octanol–water partition coefficient (Wildman–Crippen LogP) is 1.06. The van der Waals surface area contributed by atoms with Gasteiger partial charge in [-0.1, -0.05) is 36.5 Å². The van der Waals surface area contributed by atoms with Gasteiger partial charge in [0.25, 0.3) is 0 Å². The van der Waals surface area contributed by atoms with E-state index in [2.05, 4.69) is 36.5 Å². The molecular formula is C8H8Se. The average Bonchev–Trinajstić information content (AvgIpc) is 2.15. The average molecular weight is 183 g/mol. The van der Waals surface area contributed by atoms with E-state index >= 15 is 0 Å². The first-order valence-corrected chi connectivity index (χ1v) is 2.74. The van der Waals surface area contributed by atoms with Gasteiger partial charge in [-0.25, -0.2) is 0 Å². The molecule has 0 spiro atoms. The van der Waals surface area contributed by atoms with Crippen LogP contribution in [0.4, 0.5) is 0 Å². The van der Waals surface area contributed by atoms with E-state index in [1.807, 2.05) is 0 Å². The summed E-state index contributed by atoms with van der Waals surface area (Å²) < 4.78 is 0. The Hall–Kier alpha value is -0.521. The molecule has 0 aromatic carbocycles. The van der Waals surface area contributed by atoms with Gasteiger partial charge in [0.1, 0.15) is 0 Å². The third-order valence-corrected chi connectivity index (χ3v) is 1.44. The van der Waals surface area contributed by atoms with Crippen molar-refractivity contribution >= 4 is 17.1 Å². The second-order valence-corrected chi connectivity index (χ2v) is 1.96. The molecule has 46 valence electrons. The Bertz CT molecular complexity index is 203. The molecule has 0 nitrogen and oxygen atoms in total. The summed E-state index contributed by atoms with van der Waals surface area (Å²) in [4.78, 5) is 0. The summed E-state index contributed by atoms with van der Waals surface area (Å²) in [6.45, 7) is 0. The SMILES string of the molecule is C1=CC2=CC=CC2=C1.[SeH2]. The van der Waals surface area contributed by atoms with E-state index in [0.29, 0.717) is 0 Å². The van der Waals surface area contributed by atoms with Crippen molar-refractivity contribution in [2.45, 2.75) is 0 Å². The van der Waals surface area contributed by atoms with Crippen molar-refractivity contribution in [2.24, 2.45) is 0 Å². The molecule has 1 heteroatoms. The molecular weight excluding hydrogens is 175 g/mol. The minimum absolute atomic E-state index is 0. The van der Waals surface area contributed by atoms with Crippen LogP contribution < -0.4 is 0 Å². The molecule has 0 fully saturated rings. The van der Waals surface area contributed by atoms with Gasteiger partial charge in [0.05, 0.1) is 0 Å². The zero-order chi connectivity index (χ0) is 5.40. The van der Waals surface area contributed by atoms with Crippen LogP contribution in [0.1, 0.15) is 0 Å². The minimum atomic E-state index is 0. The fourth-order valence-electron chi connectivity index (χ4n) is 1.01. The fourth-order valence-corrected chi connectivity index (χ4v) is 1.01. The van der Waals surface area contributed by atoms with E-state index in [1.54, 1.807) is 0 Å². The van der Waals surface area contributed by atoms with Gasteiger partial charge in [-0.3, -0.25) is 0 Å². The molecule has 9 heavy (non-hydrogen) atoms. The monoisotopic (exact) mass is 184 g/mol. The van der Waals surface area contributed by atoms with Crippen LogP contribution in [-0.2, 0) is 0 Å². The van der Waals surface area contributed by atoms with Gasteiger partial charge in [0.15, 0.2) is 0 Å². The second kappa shape index (κ2) is 2.38. The maximum atomic E-state index is 2.12. The Balaban J connectivity index is 0.000000405. The molecule has 0 heterocycles. The Morgan fingerprint density at radius 1 is 0.778 bits per heavy atom. The molecule has 0 aromatic heterocycles. The van der Waals surface area contributed by atoms with Crippen LogP contribution in [0.3, 0.4) is 0 Å². The summed E-state index contributed by atoms with van der Waals surface area (Å²) in [5.74, 6) is 0. The summed E-state index contributed by atoms with van der Waals surface area (Å²) in [5.41, 5.74) is 2.70. The van der Waals surface area contributed by atoms with Crippen LogP contribution in [0.5, 0.6) is 0 Å². The molecule has 0 amide bonds. The third-order valence-electron chi connectivity index (χ3n) is 1.44. The molecule has 0 radical (unpaired) electrons. The van der Waals surface area contributed by atoms with Gasteiger partial charge < -0.3 is 0 Å². The molecule has 0 N–H and O–H groups in total. The Morgan fingerprint density at radius 3 is 1.67 bits per heavy atom. The zero-order valence-electron chi connectivity index (χ0n) is 4.96. The van der Waals surface area contributed by atoms with Crippen LogP contribution in [0, 0.1) is 0 Å². The second-order valence-electron chi connectivity index (χ2n) is 1.96. The van der Waals surface area contributed by atoms with E-state index in [9.17, 15) is 0 Å². The van der Waals surface area contributed by atoms with Crippen LogP contribution in [0.25, 0.3) is 0 Å². The molecule has 0 bridgehead atoms. The predicted molar refractivity (Wildman–Crippen MR) is 43.0 cm³/mol. The van der Waals surface area contributed by atoms with Gasteiger partial charge in [-0.2, -0.15) is 0 Å². The van der Waals surface area contributed by atoms with Gasteiger partial charge in [-0.15, -0.1) is 0 Å². The third kappa shape index (κ3) is 0.937. The molecule has 2 aliphatic rings. The van der Waals surface area contributed by atoms with Crippen molar-refractivity contribution in [3.8, 4) is 0 Å². The zero-order valence-corrected chi connectivity index (χ0v) is 7.06. The molecule has 0 aliphatic heterocycles. The standard InChI is InChI=1S/C8H6.H2Se/c1-3-7-5-2-6-8(7)4-1;/h1-6H;1H2. The Morgan fingerprint density at radius 2 is 1.22 bits per heavy atom. The summed E-state index contributed by atoms with van der Waals surface area (Å²) in [6, 6.07) is 0. The first-order valence-electron chi connectivity index (χ1n) is 2.74. The first-order chi connectivity index (χ1) is 3.97. The number of hydrogen-bond donors (Lipinski definition) is 0. The number of hydrogen-bond acceptors (Lipinski definition) is 0. The maximum absolute atomic E-state index is 2.12. The molecule has 0 unspecified atom stereocenters. The topological polar surface area (TPSA) is 0 Å². The summed E-state index contributed by atoms with van der Waals surface area (Å²) >= 11 is 0. The van der Waals surface area contributed by atoms with Crippen LogP contribution in [0.2, 0.25) is 0 Å². The quantitative estimate of drug-likeness (QED) is 0.492. The first kappa shape index (κ1) is 6.60. The molecule has 2 rings (SSSR count). The van der Waals surface area contributed by atoms with E-state index in [0.717, 1.165) is 0 Å². The van der Waals surface area contributed by atoms with Crippen LogP contribution in [-0.4, -0.2) is 17.1 Å². The van der Waals surface area contributed by atoms with Crippen molar-refractivity contribution in [1.29, 1.82) is 0 Å². The molecule has 0 saturated heterocycles. The number of rotatable bonds is 0. The van der Waals surface area contributed by atoms with E-state index in [1.165, 1.54) is 11.1 Å². The van der Waals surface area contributed by atoms with Crippen molar-refractivity contribution in [1.82, 2.24) is 0 Å². The molecule has 0 saturated carbocycles. The van der Waals surface area contributed by atoms with Gasteiger partial charge in [0, 0.05) is 0 Å². The van der Waals surface area contributed by atoms with Crippen molar-refractivity contribution < 1.29 is 0 Å². The van der Waals surface area contributed by atoms with E-state index in [-0.39, 0.29) is 17.1 Å². The molecule has 0 aromatic rings. The van der Waals surface area contributed by atoms with Gasteiger partial charge in [0.2, 0.25) is 0 Å². The van der Waals surface area contributed by atoms with E-state index in [4.69, 9.17) is 0 Å².